The maximum Gasteiger partial charge on any atom is 0.387 e. The van der Waals surface area contributed by atoms with E-state index < -0.39 is 13.2 Å². The van der Waals surface area contributed by atoms with Crippen molar-refractivity contribution < 1.29 is 36.6 Å². The molecule has 0 aliphatic carbocycles. The lowest BCUT2D eigenvalue weighted by Gasteiger charge is -2.37. The van der Waals surface area contributed by atoms with E-state index in [2.05, 4.69) is 63.0 Å². The van der Waals surface area contributed by atoms with Crippen LogP contribution in [0.5, 0.6) is 11.5 Å². The number of nitrogens with one attached hydrogen (secondary N) is 2. The fraction of sp³-hybridized carbons (Fsp3) is 0.409. The number of benzene rings is 2. The number of aromatic nitrogens is 6. The van der Waals surface area contributed by atoms with Gasteiger partial charge in [-0.05, 0) is 73.2 Å². The second kappa shape index (κ2) is 18.7. The van der Waals surface area contributed by atoms with Crippen LogP contribution in [0.15, 0.2) is 72.8 Å². The van der Waals surface area contributed by atoms with Crippen LogP contribution in [0.25, 0.3) is 45.1 Å². The number of H-pyrrole nitrogens is 2. The van der Waals surface area contributed by atoms with Crippen molar-refractivity contribution >= 4 is 45.8 Å². The lowest BCUT2D eigenvalue weighted by molar-refractivity contribution is -0.135. The van der Waals surface area contributed by atoms with Crippen molar-refractivity contribution in [3.63, 3.8) is 0 Å². The Labute approximate surface area is 356 Å². The molecule has 2 aliphatic heterocycles. The number of nitrogens with zero attached hydrogens (tertiary/aromatic N) is 8. The molecular weight excluding hydrogens is 809 g/mol. The van der Waals surface area contributed by atoms with Gasteiger partial charge >= 0.3 is 13.2 Å². The van der Waals surface area contributed by atoms with Gasteiger partial charge in [0.2, 0.25) is 11.8 Å². The molecule has 0 saturated carbocycles. The molecule has 2 amide bonds. The van der Waals surface area contributed by atoms with Crippen molar-refractivity contribution in [3.8, 4) is 34.3 Å². The number of ether oxygens (including phenoxy) is 2. The number of aromatic amines is 2. The first kappa shape index (κ1) is 43.6. The second-order valence-corrected chi connectivity index (χ2v) is 16.2. The van der Waals surface area contributed by atoms with Crippen molar-refractivity contribution in [2.75, 3.05) is 64.2 Å². The first-order valence-corrected chi connectivity index (χ1v) is 20.4. The topological polar surface area (TPSA) is 149 Å². The number of imidazole rings is 2. The van der Waals surface area contributed by atoms with Gasteiger partial charge in [-0.15, -0.1) is 0 Å². The quantitative estimate of drug-likeness (QED) is 0.132. The van der Waals surface area contributed by atoms with Gasteiger partial charge < -0.3 is 39.0 Å². The molecule has 0 radical (unpaired) electrons. The molecule has 2 N–H and O–H groups in total. The third-order valence-electron chi connectivity index (χ3n) is 11.4. The zero-order valence-corrected chi connectivity index (χ0v) is 35.4. The van der Waals surface area contributed by atoms with Gasteiger partial charge in [0.15, 0.2) is 11.3 Å². The number of hydrogen-bond donors (Lipinski definition) is 2. The average molecular weight is 859 g/mol. The van der Waals surface area contributed by atoms with Crippen molar-refractivity contribution in [1.29, 1.82) is 0 Å². The highest BCUT2D eigenvalue weighted by molar-refractivity contribution is 5.82. The zero-order chi connectivity index (χ0) is 44.2. The maximum atomic E-state index is 12.6. The normalized spacial score (nSPS) is 19.1. The minimum atomic E-state index is -2.88. The molecular formula is C44H50F4N10O4. The molecule has 6 heterocycles. The lowest BCUT2D eigenvalue weighted by Crippen LogP contribution is -2.46. The second-order valence-electron chi connectivity index (χ2n) is 16.2. The van der Waals surface area contributed by atoms with Gasteiger partial charge in [0.25, 0.3) is 0 Å². The minimum Gasteiger partial charge on any atom is -0.435 e. The third kappa shape index (κ3) is 10.0. The number of hydrogen-bond acceptors (Lipinski definition) is 10. The summed E-state index contributed by atoms with van der Waals surface area (Å²) in [6.45, 7) is 1.33. The first-order valence-electron chi connectivity index (χ1n) is 20.4. The molecule has 2 aromatic carbocycles. The van der Waals surface area contributed by atoms with Crippen LogP contribution >= 0.6 is 0 Å². The summed E-state index contributed by atoms with van der Waals surface area (Å²) in [7, 11) is 7.13. The van der Waals surface area contributed by atoms with E-state index in [-0.39, 0.29) is 35.1 Å². The summed E-state index contributed by atoms with van der Waals surface area (Å²) >= 11 is 0. The van der Waals surface area contributed by atoms with Crippen LogP contribution in [-0.2, 0) is 9.59 Å². The third-order valence-corrected chi connectivity index (χ3v) is 11.4. The van der Waals surface area contributed by atoms with Gasteiger partial charge in [0.05, 0.1) is 22.9 Å². The fourth-order valence-electron chi connectivity index (χ4n) is 7.89. The number of alkyl halides is 4. The van der Waals surface area contributed by atoms with Gasteiger partial charge in [0.1, 0.15) is 34.8 Å². The van der Waals surface area contributed by atoms with Crippen LogP contribution in [0.2, 0.25) is 0 Å². The summed E-state index contributed by atoms with van der Waals surface area (Å²) in [5, 5.41) is 0. The van der Waals surface area contributed by atoms with Crippen molar-refractivity contribution in [3.05, 3.63) is 72.8 Å². The first-order chi connectivity index (χ1) is 29.6. The maximum absolute atomic E-state index is 12.6. The summed E-state index contributed by atoms with van der Waals surface area (Å²) in [5.74, 6) is 3.46. The Kier molecular flexibility index (Phi) is 13.1. The van der Waals surface area contributed by atoms with Crippen LogP contribution in [0.1, 0.15) is 26.7 Å². The number of amides is 2. The Bertz CT molecular complexity index is 2340. The standard InChI is InChI=1S/2C22H25F2N5O2/c2*1-13-9-10-29(12-16(13)21(30)28(2)3)18-8-7-17-20(26-18)27-19(25-17)14-5-4-6-15(11-14)31-22(23)24/h2*4-8,11,13,16,22H,9-10,12H2,1-3H3,(H,25,26,27)/t2*13-,16+/m10/s1. The zero-order valence-electron chi connectivity index (χ0n) is 35.4. The Hall–Kier alpha value is -6.46. The van der Waals surface area contributed by atoms with Gasteiger partial charge in [-0.2, -0.15) is 17.6 Å². The number of anilines is 2. The SMILES string of the molecule is C[C@@H]1CCN(c2ccc3[nH]c(-c4cccc(OC(F)F)c4)nc3n2)C[C@@H]1C(=O)N(C)C.C[C@H]1CCN(c2ccc3[nH]c(-c4cccc(OC(F)F)c4)nc3n2)C[C@H]1C(=O)N(C)C. The number of rotatable bonds is 10. The van der Waals surface area contributed by atoms with Crippen molar-refractivity contribution in [2.45, 2.75) is 39.9 Å². The molecule has 6 aromatic rings. The highest BCUT2D eigenvalue weighted by atomic mass is 19.3. The summed E-state index contributed by atoms with van der Waals surface area (Å²) in [6, 6.07) is 20.4. The summed E-state index contributed by atoms with van der Waals surface area (Å²) in [5.41, 5.74) is 3.79. The van der Waals surface area contributed by atoms with E-state index >= 15 is 0 Å². The Morgan fingerprint density at radius 2 is 1.03 bits per heavy atom. The molecule has 328 valence electrons. The van der Waals surface area contributed by atoms with E-state index in [1.54, 1.807) is 62.3 Å². The molecule has 2 fully saturated rings. The Morgan fingerprint density at radius 3 is 1.40 bits per heavy atom. The Balaban J connectivity index is 0.000000186. The monoisotopic (exact) mass is 858 g/mol. The molecule has 0 bridgehead atoms. The number of piperidine rings is 2. The van der Waals surface area contributed by atoms with E-state index in [9.17, 15) is 27.2 Å². The van der Waals surface area contributed by atoms with E-state index in [1.807, 2.05) is 24.3 Å². The van der Waals surface area contributed by atoms with Gasteiger partial charge in [0, 0.05) is 65.5 Å². The molecule has 2 saturated heterocycles. The molecule has 4 atom stereocenters. The fourth-order valence-corrected chi connectivity index (χ4v) is 7.89. The van der Waals surface area contributed by atoms with E-state index in [1.165, 1.54) is 24.3 Å². The van der Waals surface area contributed by atoms with Crippen LogP contribution in [0, 0.1) is 23.7 Å². The predicted molar refractivity (Wildman–Crippen MR) is 228 cm³/mol. The number of carbonyl (C=O) groups is 2. The van der Waals surface area contributed by atoms with Crippen molar-refractivity contribution in [1.82, 2.24) is 39.7 Å². The summed E-state index contributed by atoms with van der Waals surface area (Å²) in [6.07, 6.45) is 1.82. The highest BCUT2D eigenvalue weighted by Crippen LogP contribution is 2.32. The minimum absolute atomic E-state index is 0.0700. The average Bonchev–Trinajstić information content (AvgIpc) is 3.88. The van der Waals surface area contributed by atoms with Gasteiger partial charge in [-0.25, -0.2) is 19.9 Å². The molecule has 0 spiro atoms. The number of carbonyl (C=O) groups excluding carboxylic acids is 2. The molecule has 62 heavy (non-hydrogen) atoms. The molecule has 4 aromatic heterocycles. The largest absolute Gasteiger partial charge is 0.435 e. The molecule has 0 unspecified atom stereocenters. The van der Waals surface area contributed by atoms with E-state index in [0.717, 1.165) is 48.6 Å². The van der Waals surface area contributed by atoms with Gasteiger partial charge in [-0.1, -0.05) is 38.1 Å². The smallest absolute Gasteiger partial charge is 0.387 e. The number of fused-ring (bicyclic) bond motifs is 2. The van der Waals surface area contributed by atoms with Crippen molar-refractivity contribution in [2.24, 2.45) is 23.7 Å². The summed E-state index contributed by atoms with van der Waals surface area (Å²) in [4.78, 5) is 57.5. The predicted octanol–water partition coefficient (Wildman–Crippen LogP) is 7.55. The van der Waals surface area contributed by atoms with Crippen LogP contribution in [0.4, 0.5) is 29.2 Å². The Morgan fingerprint density at radius 1 is 0.629 bits per heavy atom. The lowest BCUT2D eigenvalue weighted by atomic mass is 9.86. The number of halogens is 4. The van der Waals surface area contributed by atoms with E-state index in [0.29, 0.717) is 59.0 Å². The van der Waals surface area contributed by atoms with Crippen LogP contribution in [-0.4, -0.2) is 119 Å². The highest BCUT2D eigenvalue weighted by Gasteiger charge is 2.34. The van der Waals surface area contributed by atoms with Crippen LogP contribution < -0.4 is 19.3 Å². The van der Waals surface area contributed by atoms with Crippen LogP contribution in [0.3, 0.4) is 0 Å². The van der Waals surface area contributed by atoms with E-state index in [4.69, 9.17) is 0 Å². The molecule has 2 aliphatic rings. The summed E-state index contributed by atoms with van der Waals surface area (Å²) < 4.78 is 59.0. The molecule has 14 nitrogen and oxygen atoms in total. The molecule has 18 heteroatoms. The number of pyridine rings is 2. The van der Waals surface area contributed by atoms with Gasteiger partial charge in [-0.3, -0.25) is 9.59 Å². The molecule has 8 rings (SSSR count).